The summed E-state index contributed by atoms with van der Waals surface area (Å²) >= 11 is 5.50. The number of sulfonamides is 1. The van der Waals surface area contributed by atoms with E-state index in [1.54, 1.807) is 0 Å². The molecule has 0 bridgehead atoms. The number of carbonyl (C=O) groups excluding carboxylic acids is 1. The smallest absolute Gasteiger partial charge is 0.319 e. The van der Waals surface area contributed by atoms with Crippen LogP contribution in [0.15, 0.2) is 65.6 Å². The highest BCUT2D eigenvalue weighted by molar-refractivity contribution is 7.92. The fourth-order valence-corrected chi connectivity index (χ4v) is 3.91. The molecule has 0 aromatic heterocycles. The minimum absolute atomic E-state index is 0.353. The Bertz CT molecular complexity index is 1300. The minimum Gasteiger partial charge on any atom is -0.319 e. The molecule has 12 heteroatoms. The van der Waals surface area contributed by atoms with Crippen LogP contribution in [-0.4, -0.2) is 14.3 Å². The Hall–Kier alpha value is -3.18. The maximum atomic E-state index is 14.4. The molecule has 1 amide bonds. The summed E-state index contributed by atoms with van der Waals surface area (Å²) in [5.41, 5.74) is -2.48. The van der Waals surface area contributed by atoms with E-state index in [0.717, 1.165) is 30.3 Å². The van der Waals surface area contributed by atoms with Gasteiger partial charge in [0.05, 0.1) is 26.7 Å². The van der Waals surface area contributed by atoms with Crippen LogP contribution >= 0.6 is 11.6 Å². The van der Waals surface area contributed by atoms with Crippen LogP contribution in [0.1, 0.15) is 15.9 Å². The van der Waals surface area contributed by atoms with E-state index >= 15 is 0 Å². The van der Waals surface area contributed by atoms with Gasteiger partial charge in [0.2, 0.25) is 0 Å². The van der Waals surface area contributed by atoms with Gasteiger partial charge in [-0.3, -0.25) is 9.52 Å². The maximum absolute atomic E-state index is 14.4. The van der Waals surface area contributed by atoms with Gasteiger partial charge in [-0.25, -0.2) is 17.2 Å². The van der Waals surface area contributed by atoms with Crippen LogP contribution in [0, 0.1) is 11.6 Å². The average molecular weight is 491 g/mol. The van der Waals surface area contributed by atoms with E-state index < -0.39 is 60.6 Å². The predicted octanol–water partition coefficient (Wildman–Crippen LogP) is 5.69. The standard InChI is InChI=1S/C20H12ClF5N2O3S/c21-15-7-5-11(9-14(15)20(24,25)26)28-32(30,31)12-6-8-18(17(23)10-12)27-19(29)13-3-1-2-4-16(13)22/h1-10,28H,(H,27,29). The van der Waals surface area contributed by atoms with E-state index in [2.05, 4.69) is 5.32 Å². The van der Waals surface area contributed by atoms with Crippen LogP contribution in [0.2, 0.25) is 5.02 Å². The van der Waals surface area contributed by atoms with Crippen molar-refractivity contribution in [2.24, 2.45) is 0 Å². The third kappa shape index (κ3) is 5.17. The molecule has 0 spiro atoms. The van der Waals surface area contributed by atoms with Gasteiger partial charge < -0.3 is 5.32 Å². The number of amides is 1. The Labute approximate surface area is 183 Å². The van der Waals surface area contributed by atoms with Crippen LogP contribution in [0.4, 0.5) is 33.3 Å². The first-order valence-corrected chi connectivity index (χ1v) is 10.5. The Kier molecular flexibility index (Phi) is 6.42. The maximum Gasteiger partial charge on any atom is 0.417 e. The lowest BCUT2D eigenvalue weighted by Crippen LogP contribution is -2.16. The molecule has 5 nitrogen and oxygen atoms in total. The highest BCUT2D eigenvalue weighted by atomic mass is 35.5. The molecule has 0 radical (unpaired) electrons. The molecule has 168 valence electrons. The summed E-state index contributed by atoms with van der Waals surface area (Å²) in [6, 6.07) is 9.74. The van der Waals surface area contributed by atoms with E-state index in [1.165, 1.54) is 18.2 Å². The van der Waals surface area contributed by atoms with Crippen LogP contribution in [0.25, 0.3) is 0 Å². The molecule has 32 heavy (non-hydrogen) atoms. The number of rotatable bonds is 5. The summed E-state index contributed by atoms with van der Waals surface area (Å²) in [5.74, 6) is -2.96. The lowest BCUT2D eigenvalue weighted by molar-refractivity contribution is -0.137. The van der Waals surface area contributed by atoms with Gasteiger partial charge in [0.25, 0.3) is 15.9 Å². The number of nitrogens with one attached hydrogen (secondary N) is 2. The fourth-order valence-electron chi connectivity index (χ4n) is 2.62. The van der Waals surface area contributed by atoms with Crippen molar-refractivity contribution < 1.29 is 35.2 Å². The van der Waals surface area contributed by atoms with Gasteiger partial charge in [-0.1, -0.05) is 23.7 Å². The topological polar surface area (TPSA) is 75.3 Å². The third-order valence-corrected chi connectivity index (χ3v) is 5.85. The molecule has 0 aliphatic heterocycles. The number of hydrogen-bond donors (Lipinski definition) is 2. The lowest BCUT2D eigenvalue weighted by atomic mass is 10.2. The summed E-state index contributed by atoms with van der Waals surface area (Å²) in [7, 11) is -4.49. The zero-order valence-corrected chi connectivity index (χ0v) is 17.2. The minimum atomic E-state index is -4.82. The number of hydrogen-bond acceptors (Lipinski definition) is 3. The second-order valence-corrected chi connectivity index (χ2v) is 8.46. The van der Waals surface area contributed by atoms with E-state index in [9.17, 15) is 35.2 Å². The van der Waals surface area contributed by atoms with Crippen molar-refractivity contribution in [2.75, 3.05) is 10.0 Å². The van der Waals surface area contributed by atoms with Crippen LogP contribution in [0.3, 0.4) is 0 Å². The molecular formula is C20H12ClF5N2O3S. The quantitative estimate of drug-likeness (QED) is 0.451. The first kappa shape index (κ1) is 23.5. The molecule has 0 aliphatic carbocycles. The Morgan fingerprint density at radius 3 is 2.22 bits per heavy atom. The average Bonchev–Trinajstić information content (AvgIpc) is 2.70. The molecule has 3 rings (SSSR count). The molecule has 0 aliphatic rings. The van der Waals surface area contributed by atoms with Crippen molar-refractivity contribution in [1.29, 1.82) is 0 Å². The van der Waals surface area contributed by atoms with E-state index in [1.807, 2.05) is 4.72 Å². The van der Waals surface area contributed by atoms with Gasteiger partial charge in [0.1, 0.15) is 11.6 Å². The molecule has 0 unspecified atom stereocenters. The van der Waals surface area contributed by atoms with Crippen molar-refractivity contribution in [3.63, 3.8) is 0 Å². The second-order valence-electron chi connectivity index (χ2n) is 6.37. The monoisotopic (exact) mass is 490 g/mol. The molecule has 0 heterocycles. The SMILES string of the molecule is O=C(Nc1ccc(S(=O)(=O)Nc2ccc(Cl)c(C(F)(F)F)c2)cc1F)c1ccccc1F. The van der Waals surface area contributed by atoms with Gasteiger partial charge in [-0.2, -0.15) is 13.2 Å². The number of carbonyl (C=O) groups is 1. The van der Waals surface area contributed by atoms with Gasteiger partial charge in [0.15, 0.2) is 0 Å². The second kappa shape index (κ2) is 8.75. The zero-order valence-electron chi connectivity index (χ0n) is 15.7. The van der Waals surface area contributed by atoms with Gasteiger partial charge in [-0.05, 0) is 48.5 Å². The van der Waals surface area contributed by atoms with Gasteiger partial charge >= 0.3 is 6.18 Å². The fraction of sp³-hybridized carbons (Fsp3) is 0.0500. The van der Waals surface area contributed by atoms with E-state index in [4.69, 9.17) is 11.6 Å². The largest absolute Gasteiger partial charge is 0.417 e. The Balaban J connectivity index is 1.84. The third-order valence-electron chi connectivity index (χ3n) is 4.14. The molecule has 2 N–H and O–H groups in total. The van der Waals surface area contributed by atoms with Crippen molar-refractivity contribution >= 4 is 38.9 Å². The number of halogens is 6. The zero-order chi connectivity index (χ0) is 23.7. The molecule has 3 aromatic rings. The van der Waals surface area contributed by atoms with Crippen molar-refractivity contribution in [3.05, 3.63) is 88.4 Å². The van der Waals surface area contributed by atoms with E-state index in [-0.39, 0.29) is 5.56 Å². The summed E-state index contributed by atoms with van der Waals surface area (Å²) in [5, 5.41) is 1.49. The highest BCUT2D eigenvalue weighted by Crippen LogP contribution is 2.36. The number of alkyl halides is 3. The van der Waals surface area contributed by atoms with Gasteiger partial charge in [0, 0.05) is 5.69 Å². The first-order valence-electron chi connectivity index (χ1n) is 8.63. The number of benzene rings is 3. The molecule has 3 aromatic carbocycles. The van der Waals surface area contributed by atoms with Crippen LogP contribution in [-0.2, 0) is 16.2 Å². The Morgan fingerprint density at radius 2 is 1.59 bits per heavy atom. The number of anilines is 2. The summed E-state index contributed by atoms with van der Waals surface area (Å²) < 4.78 is 93.8. The van der Waals surface area contributed by atoms with Crippen molar-refractivity contribution in [1.82, 2.24) is 0 Å². The summed E-state index contributed by atoms with van der Waals surface area (Å²) in [4.78, 5) is 11.5. The first-order chi connectivity index (χ1) is 14.9. The van der Waals surface area contributed by atoms with Crippen LogP contribution < -0.4 is 10.0 Å². The van der Waals surface area contributed by atoms with Crippen LogP contribution in [0.5, 0.6) is 0 Å². The van der Waals surface area contributed by atoms with Crippen molar-refractivity contribution in [3.8, 4) is 0 Å². The molecule has 0 saturated heterocycles. The summed E-state index contributed by atoms with van der Waals surface area (Å²) in [6.07, 6.45) is -4.82. The normalized spacial score (nSPS) is 11.8. The summed E-state index contributed by atoms with van der Waals surface area (Å²) in [6.45, 7) is 0. The predicted molar refractivity (Wildman–Crippen MR) is 108 cm³/mol. The molecule has 0 saturated carbocycles. The molecular weight excluding hydrogens is 479 g/mol. The lowest BCUT2D eigenvalue weighted by Gasteiger charge is -2.13. The highest BCUT2D eigenvalue weighted by Gasteiger charge is 2.33. The molecule has 0 atom stereocenters. The van der Waals surface area contributed by atoms with Crippen molar-refractivity contribution in [2.45, 2.75) is 11.1 Å². The van der Waals surface area contributed by atoms with Gasteiger partial charge in [-0.15, -0.1) is 0 Å². The Morgan fingerprint density at radius 1 is 0.906 bits per heavy atom. The molecule has 0 fully saturated rings. The van der Waals surface area contributed by atoms with E-state index in [0.29, 0.717) is 12.1 Å².